The number of rotatable bonds is 2. The fourth-order valence-corrected chi connectivity index (χ4v) is 2.51. The number of hydrogen-bond acceptors (Lipinski definition) is 3. The quantitative estimate of drug-likeness (QED) is 0.514. The van der Waals surface area contributed by atoms with Crippen LogP contribution >= 0.6 is 0 Å². The maximum Gasteiger partial charge on any atom is 0.247 e. The molecule has 21 heavy (non-hydrogen) atoms. The van der Waals surface area contributed by atoms with Crippen LogP contribution in [0.3, 0.4) is 0 Å². The highest BCUT2D eigenvalue weighted by Gasteiger charge is 2.18. The minimum Gasteiger partial charge on any atom is -0.453 e. The largest absolute Gasteiger partial charge is 0.453 e. The Kier molecular flexibility index (Phi) is 2.57. The van der Waals surface area contributed by atoms with Crippen LogP contribution in [-0.2, 0) is 0 Å². The fourth-order valence-electron chi connectivity index (χ4n) is 2.51. The first-order valence-electron chi connectivity index (χ1n) is 6.70. The van der Waals surface area contributed by atoms with E-state index in [0.717, 1.165) is 16.2 Å². The van der Waals surface area contributed by atoms with E-state index in [2.05, 4.69) is 4.98 Å². The third-order valence-corrected chi connectivity index (χ3v) is 3.54. The molecule has 0 saturated heterocycles. The van der Waals surface area contributed by atoms with Gasteiger partial charge in [0, 0.05) is 17.0 Å². The van der Waals surface area contributed by atoms with Crippen LogP contribution < -0.4 is 0 Å². The molecule has 4 rings (SSSR count). The van der Waals surface area contributed by atoms with Crippen molar-refractivity contribution in [1.82, 2.24) is 4.98 Å². The summed E-state index contributed by atoms with van der Waals surface area (Å²) in [4.78, 5) is 16.9. The molecular formula is C18H11NO2. The van der Waals surface area contributed by atoms with E-state index in [1.807, 2.05) is 54.6 Å². The molecular weight excluding hydrogens is 262 g/mol. The molecule has 0 bridgehead atoms. The number of hydrogen-bond donors (Lipinski definition) is 0. The zero-order chi connectivity index (χ0) is 14.2. The number of aromatic nitrogens is 1. The lowest BCUT2D eigenvalue weighted by molar-refractivity contribution is 0.101. The van der Waals surface area contributed by atoms with Crippen LogP contribution in [0.15, 0.2) is 71.3 Å². The molecule has 0 N–H and O–H groups in total. The maximum absolute atomic E-state index is 12.7. The van der Waals surface area contributed by atoms with E-state index in [4.69, 9.17) is 4.42 Å². The van der Waals surface area contributed by atoms with Crippen LogP contribution in [0.4, 0.5) is 0 Å². The summed E-state index contributed by atoms with van der Waals surface area (Å²) < 4.78 is 5.64. The van der Waals surface area contributed by atoms with E-state index >= 15 is 0 Å². The monoisotopic (exact) mass is 273 g/mol. The van der Waals surface area contributed by atoms with Gasteiger partial charge in [0.05, 0.1) is 0 Å². The lowest BCUT2D eigenvalue weighted by Crippen LogP contribution is -2.03. The molecule has 100 valence electrons. The summed E-state index contributed by atoms with van der Waals surface area (Å²) >= 11 is 0. The van der Waals surface area contributed by atoms with Crippen molar-refractivity contribution >= 4 is 27.5 Å². The van der Waals surface area contributed by atoms with Crippen molar-refractivity contribution in [3.63, 3.8) is 0 Å². The predicted molar refractivity (Wildman–Crippen MR) is 81.4 cm³/mol. The first kappa shape index (κ1) is 11.9. The molecule has 0 aliphatic heterocycles. The molecule has 3 nitrogen and oxygen atoms in total. The van der Waals surface area contributed by atoms with Gasteiger partial charge in [-0.1, -0.05) is 42.5 Å². The number of furan rings is 1. The second-order valence-corrected chi connectivity index (χ2v) is 4.86. The van der Waals surface area contributed by atoms with Crippen LogP contribution in [0.5, 0.6) is 0 Å². The Balaban J connectivity index is 1.90. The molecule has 0 aliphatic carbocycles. The van der Waals surface area contributed by atoms with Crippen molar-refractivity contribution < 1.29 is 9.21 Å². The van der Waals surface area contributed by atoms with E-state index in [1.54, 1.807) is 12.3 Å². The van der Waals surface area contributed by atoms with E-state index in [-0.39, 0.29) is 5.78 Å². The molecule has 2 heterocycles. The Morgan fingerprint density at radius 2 is 1.67 bits per heavy atom. The summed E-state index contributed by atoms with van der Waals surface area (Å²) in [7, 11) is 0. The van der Waals surface area contributed by atoms with Crippen molar-refractivity contribution in [2.45, 2.75) is 0 Å². The number of benzene rings is 2. The van der Waals surface area contributed by atoms with Crippen molar-refractivity contribution in [3.05, 3.63) is 78.3 Å². The number of fused-ring (bicyclic) bond motifs is 2. The van der Waals surface area contributed by atoms with Gasteiger partial charge in [-0.2, -0.15) is 0 Å². The first-order valence-corrected chi connectivity index (χ1v) is 6.70. The van der Waals surface area contributed by atoms with Crippen LogP contribution in [0, 0.1) is 0 Å². The fraction of sp³-hybridized carbons (Fsp3) is 0. The highest BCUT2D eigenvalue weighted by Crippen LogP contribution is 2.23. The average molecular weight is 273 g/mol. The molecule has 0 unspecified atom stereocenters. The van der Waals surface area contributed by atoms with Crippen LogP contribution in [0.1, 0.15) is 16.2 Å². The van der Waals surface area contributed by atoms with Gasteiger partial charge in [-0.15, -0.1) is 0 Å². The normalized spacial score (nSPS) is 11.0. The number of carbonyl (C=O) groups excluding carboxylic acids is 1. The molecule has 2 aromatic carbocycles. The van der Waals surface area contributed by atoms with Crippen LogP contribution in [-0.4, -0.2) is 10.8 Å². The second kappa shape index (κ2) is 4.56. The number of para-hydroxylation sites is 1. The van der Waals surface area contributed by atoms with Crippen LogP contribution in [0.25, 0.3) is 21.7 Å². The molecule has 0 radical (unpaired) electrons. The Hall–Kier alpha value is -2.94. The zero-order valence-corrected chi connectivity index (χ0v) is 11.1. The topological polar surface area (TPSA) is 43.1 Å². The van der Waals surface area contributed by atoms with Crippen molar-refractivity contribution in [2.24, 2.45) is 0 Å². The summed E-state index contributed by atoms with van der Waals surface area (Å²) in [5.41, 5.74) is 1.13. The predicted octanol–water partition coefficient (Wildman–Crippen LogP) is 4.21. The highest BCUT2D eigenvalue weighted by atomic mass is 16.3. The van der Waals surface area contributed by atoms with Gasteiger partial charge >= 0.3 is 0 Å². The standard InChI is InChI=1S/C18H11NO2/c20-18(16-11-13-6-2-4-8-15(13)21-16)17-14-7-3-1-5-12(14)9-10-19-17/h1-11H. The minimum absolute atomic E-state index is 0.192. The summed E-state index contributed by atoms with van der Waals surface area (Å²) in [6, 6.07) is 18.9. The molecule has 0 fully saturated rings. The van der Waals surface area contributed by atoms with Crippen molar-refractivity contribution in [2.75, 3.05) is 0 Å². The number of nitrogens with zero attached hydrogens (tertiary/aromatic N) is 1. The van der Waals surface area contributed by atoms with Crippen molar-refractivity contribution in [1.29, 1.82) is 0 Å². The molecule has 0 spiro atoms. The molecule has 0 aliphatic rings. The van der Waals surface area contributed by atoms with Crippen LogP contribution in [0.2, 0.25) is 0 Å². The van der Waals surface area contributed by atoms with Gasteiger partial charge in [0.15, 0.2) is 5.76 Å². The maximum atomic E-state index is 12.7. The van der Waals surface area contributed by atoms with Gasteiger partial charge in [0.25, 0.3) is 0 Å². The summed E-state index contributed by atoms with van der Waals surface area (Å²) in [6.07, 6.45) is 1.65. The SMILES string of the molecule is O=C(c1cc2ccccc2o1)c1nccc2ccccc12. The Morgan fingerprint density at radius 3 is 2.52 bits per heavy atom. The third kappa shape index (κ3) is 1.91. The summed E-state index contributed by atoms with van der Waals surface area (Å²) in [6.45, 7) is 0. The number of pyridine rings is 1. The van der Waals surface area contributed by atoms with E-state index in [0.29, 0.717) is 17.0 Å². The summed E-state index contributed by atoms with van der Waals surface area (Å²) in [5, 5.41) is 2.75. The highest BCUT2D eigenvalue weighted by molar-refractivity contribution is 6.14. The van der Waals surface area contributed by atoms with E-state index < -0.39 is 0 Å². The van der Waals surface area contributed by atoms with Crippen molar-refractivity contribution in [3.8, 4) is 0 Å². The van der Waals surface area contributed by atoms with E-state index in [1.165, 1.54) is 0 Å². The summed E-state index contributed by atoms with van der Waals surface area (Å²) in [5.74, 6) is 0.128. The molecule has 3 heteroatoms. The molecule has 2 aromatic heterocycles. The Morgan fingerprint density at radius 1 is 0.905 bits per heavy atom. The van der Waals surface area contributed by atoms with Gasteiger partial charge in [0.1, 0.15) is 11.3 Å². The smallest absolute Gasteiger partial charge is 0.247 e. The van der Waals surface area contributed by atoms with Gasteiger partial charge in [-0.05, 0) is 23.6 Å². The number of ketones is 1. The Labute approximate surface area is 120 Å². The number of carbonyl (C=O) groups is 1. The minimum atomic E-state index is -0.192. The first-order chi connectivity index (χ1) is 10.3. The Bertz CT molecular complexity index is 931. The lowest BCUT2D eigenvalue weighted by Gasteiger charge is -2.02. The molecule has 0 amide bonds. The lowest BCUT2D eigenvalue weighted by atomic mass is 10.1. The second-order valence-electron chi connectivity index (χ2n) is 4.86. The molecule has 0 saturated carbocycles. The molecule has 0 atom stereocenters. The van der Waals surface area contributed by atoms with Gasteiger partial charge in [-0.25, -0.2) is 0 Å². The molecule has 4 aromatic rings. The average Bonchev–Trinajstić information content (AvgIpc) is 2.97. The van der Waals surface area contributed by atoms with Gasteiger partial charge < -0.3 is 4.42 Å². The van der Waals surface area contributed by atoms with Gasteiger partial charge in [-0.3, -0.25) is 9.78 Å². The van der Waals surface area contributed by atoms with E-state index in [9.17, 15) is 4.79 Å². The zero-order valence-electron chi connectivity index (χ0n) is 11.1. The van der Waals surface area contributed by atoms with Gasteiger partial charge in [0.2, 0.25) is 5.78 Å². The third-order valence-electron chi connectivity index (χ3n) is 3.54.